The molecule has 1 fully saturated rings. The smallest absolute Gasteiger partial charge is 0.302 e. The Morgan fingerprint density at radius 2 is 2.12 bits per heavy atom. The lowest BCUT2D eigenvalue weighted by molar-refractivity contribution is -0.144. The van der Waals surface area contributed by atoms with E-state index in [1.165, 1.54) is 12.5 Å². The van der Waals surface area contributed by atoms with Crippen LogP contribution in [0.4, 0.5) is 0 Å². The van der Waals surface area contributed by atoms with Crippen LogP contribution in [0.3, 0.4) is 0 Å². The van der Waals surface area contributed by atoms with E-state index < -0.39 is 0 Å². The van der Waals surface area contributed by atoms with E-state index in [2.05, 4.69) is 51.8 Å². The first-order chi connectivity index (χ1) is 8.16. The molecule has 4 heteroatoms. The molecular formula is C13H16INO2. The fourth-order valence-corrected chi connectivity index (χ4v) is 2.83. The van der Waals surface area contributed by atoms with Crippen LogP contribution in [0.2, 0.25) is 0 Å². The van der Waals surface area contributed by atoms with Crippen LogP contribution in [-0.4, -0.2) is 30.6 Å². The van der Waals surface area contributed by atoms with Crippen molar-refractivity contribution in [3.05, 3.63) is 35.9 Å². The number of carbonyl (C=O) groups is 1. The first-order valence-corrected chi connectivity index (χ1v) is 6.98. The van der Waals surface area contributed by atoms with Gasteiger partial charge in [-0.1, -0.05) is 52.9 Å². The Morgan fingerprint density at radius 1 is 1.47 bits per heavy atom. The number of hydrogen-bond donors (Lipinski definition) is 0. The molecule has 1 aliphatic rings. The predicted molar refractivity (Wildman–Crippen MR) is 74.9 cm³/mol. The summed E-state index contributed by atoms with van der Waals surface area (Å²) in [5.74, 6) is 0.317. The highest BCUT2D eigenvalue weighted by atomic mass is 127. The lowest BCUT2D eigenvalue weighted by atomic mass is 10.0. The number of rotatable bonds is 4. The Hall–Kier alpha value is -0.620. The van der Waals surface area contributed by atoms with Crippen molar-refractivity contribution in [3.8, 4) is 0 Å². The van der Waals surface area contributed by atoms with Gasteiger partial charge in [-0.25, -0.2) is 0 Å². The molecule has 0 amide bonds. The Morgan fingerprint density at radius 3 is 2.71 bits per heavy atom. The molecule has 0 N–H and O–H groups in total. The number of nitrogens with zero attached hydrogens (tertiary/aromatic N) is 1. The van der Waals surface area contributed by atoms with Crippen LogP contribution in [-0.2, 0) is 9.53 Å². The third-order valence-electron chi connectivity index (χ3n) is 2.90. The van der Waals surface area contributed by atoms with E-state index in [1.54, 1.807) is 0 Å². The maximum atomic E-state index is 10.7. The fourth-order valence-electron chi connectivity index (χ4n) is 1.96. The molecule has 1 atom stereocenters. The number of halogens is 1. The Kier molecular flexibility index (Phi) is 4.39. The monoisotopic (exact) mass is 345 g/mol. The van der Waals surface area contributed by atoms with Crippen LogP contribution in [0.25, 0.3) is 0 Å². The minimum atomic E-state index is -0.183. The van der Waals surface area contributed by atoms with Gasteiger partial charge < -0.3 is 4.74 Å². The van der Waals surface area contributed by atoms with Crippen LogP contribution in [0, 0.1) is 5.92 Å². The summed E-state index contributed by atoms with van der Waals surface area (Å²) < 4.78 is 5.43. The molecule has 0 spiro atoms. The minimum Gasteiger partial charge on any atom is -0.465 e. The highest BCUT2D eigenvalue weighted by molar-refractivity contribution is 14.1. The van der Waals surface area contributed by atoms with Crippen molar-refractivity contribution in [2.45, 2.75) is 11.0 Å². The molecule has 1 unspecified atom stereocenters. The molecule has 0 aromatic heterocycles. The van der Waals surface area contributed by atoms with Crippen molar-refractivity contribution in [1.82, 2.24) is 4.90 Å². The highest BCUT2D eigenvalue weighted by Crippen LogP contribution is 2.33. The minimum absolute atomic E-state index is 0.183. The van der Waals surface area contributed by atoms with Gasteiger partial charge in [0.2, 0.25) is 0 Å². The fraction of sp³-hybridized carbons (Fsp3) is 0.462. The van der Waals surface area contributed by atoms with Crippen LogP contribution in [0.15, 0.2) is 30.3 Å². The van der Waals surface area contributed by atoms with Crippen molar-refractivity contribution in [1.29, 1.82) is 0 Å². The lowest BCUT2D eigenvalue weighted by Gasteiger charge is -2.42. The molecule has 0 radical (unpaired) electrons. The number of esters is 1. The third kappa shape index (κ3) is 3.42. The van der Waals surface area contributed by atoms with Crippen molar-refractivity contribution < 1.29 is 9.53 Å². The van der Waals surface area contributed by atoms with E-state index in [0.29, 0.717) is 16.6 Å². The summed E-state index contributed by atoms with van der Waals surface area (Å²) in [6, 6.07) is 10.5. The second-order valence-corrected chi connectivity index (χ2v) is 5.55. The molecule has 0 saturated carbocycles. The SMILES string of the molecule is CC(=O)OCC1CN(C(I)c2ccccc2)C1. The van der Waals surface area contributed by atoms with E-state index in [4.69, 9.17) is 4.74 Å². The molecule has 1 heterocycles. The summed E-state index contributed by atoms with van der Waals surface area (Å²) >= 11 is 2.45. The second-order valence-electron chi connectivity index (χ2n) is 4.37. The highest BCUT2D eigenvalue weighted by Gasteiger charge is 2.32. The number of likely N-dealkylation sites (tertiary alicyclic amines) is 1. The Bertz CT molecular complexity index is 376. The van der Waals surface area contributed by atoms with Gasteiger partial charge in [-0.2, -0.15) is 0 Å². The van der Waals surface area contributed by atoms with Gasteiger partial charge in [-0.05, 0) is 5.56 Å². The summed E-state index contributed by atoms with van der Waals surface area (Å²) in [6.07, 6.45) is 0. The third-order valence-corrected chi connectivity index (χ3v) is 4.41. The summed E-state index contributed by atoms with van der Waals surface area (Å²) in [6.45, 7) is 4.04. The predicted octanol–water partition coefficient (Wildman–Crippen LogP) is 2.62. The summed E-state index contributed by atoms with van der Waals surface area (Å²) in [4.78, 5) is 13.1. The number of carbonyl (C=O) groups excluding carboxylic acids is 1. The average Bonchev–Trinajstić information content (AvgIpc) is 2.27. The van der Waals surface area contributed by atoms with Crippen LogP contribution in [0.5, 0.6) is 0 Å². The van der Waals surface area contributed by atoms with Gasteiger partial charge in [0.1, 0.15) is 0 Å². The van der Waals surface area contributed by atoms with E-state index in [1.807, 2.05) is 6.07 Å². The van der Waals surface area contributed by atoms with Gasteiger partial charge in [-0.3, -0.25) is 9.69 Å². The molecule has 2 rings (SSSR count). The van der Waals surface area contributed by atoms with Gasteiger partial charge in [0.05, 0.1) is 10.7 Å². The quantitative estimate of drug-likeness (QED) is 0.364. The number of alkyl halides is 1. The molecule has 1 aromatic carbocycles. The molecule has 1 saturated heterocycles. The molecule has 3 nitrogen and oxygen atoms in total. The topological polar surface area (TPSA) is 29.5 Å². The van der Waals surface area contributed by atoms with Gasteiger partial charge in [-0.15, -0.1) is 0 Å². The van der Waals surface area contributed by atoms with Crippen molar-refractivity contribution in [3.63, 3.8) is 0 Å². The molecule has 92 valence electrons. The lowest BCUT2D eigenvalue weighted by Crippen LogP contribution is -2.49. The molecule has 1 aromatic rings. The number of benzene rings is 1. The number of hydrogen-bond acceptors (Lipinski definition) is 3. The van der Waals surface area contributed by atoms with E-state index in [0.717, 1.165) is 13.1 Å². The van der Waals surface area contributed by atoms with Crippen LogP contribution < -0.4 is 0 Å². The van der Waals surface area contributed by atoms with E-state index in [9.17, 15) is 4.79 Å². The van der Waals surface area contributed by atoms with Crippen LogP contribution in [0.1, 0.15) is 16.5 Å². The zero-order chi connectivity index (χ0) is 12.3. The standard InChI is InChI=1S/C13H16INO2/c1-10(16)17-9-11-7-15(8-11)13(14)12-5-3-2-4-6-12/h2-6,11,13H,7-9H2,1H3. The largest absolute Gasteiger partial charge is 0.465 e. The summed E-state index contributed by atoms with van der Waals surface area (Å²) in [7, 11) is 0. The van der Waals surface area contributed by atoms with E-state index in [-0.39, 0.29) is 5.97 Å². The van der Waals surface area contributed by atoms with Crippen molar-refractivity contribution >= 4 is 28.6 Å². The van der Waals surface area contributed by atoms with Crippen molar-refractivity contribution in [2.75, 3.05) is 19.7 Å². The normalized spacial score (nSPS) is 18.5. The van der Waals surface area contributed by atoms with Crippen molar-refractivity contribution in [2.24, 2.45) is 5.92 Å². The maximum Gasteiger partial charge on any atom is 0.302 e. The Balaban J connectivity index is 1.78. The molecular weight excluding hydrogens is 329 g/mol. The van der Waals surface area contributed by atoms with Gasteiger partial charge in [0.25, 0.3) is 0 Å². The summed E-state index contributed by atoms with van der Waals surface area (Å²) in [5, 5.41) is 0. The second kappa shape index (κ2) is 5.82. The first-order valence-electron chi connectivity index (χ1n) is 5.73. The zero-order valence-electron chi connectivity index (χ0n) is 9.80. The first kappa shape index (κ1) is 12.8. The molecule has 0 aliphatic carbocycles. The molecule has 1 aliphatic heterocycles. The van der Waals surface area contributed by atoms with Gasteiger partial charge in [0, 0.05) is 25.9 Å². The Labute approximate surface area is 115 Å². The average molecular weight is 345 g/mol. The molecule has 0 bridgehead atoms. The van der Waals surface area contributed by atoms with Gasteiger partial charge in [0.15, 0.2) is 0 Å². The maximum absolute atomic E-state index is 10.7. The number of ether oxygens (including phenoxy) is 1. The molecule has 17 heavy (non-hydrogen) atoms. The van der Waals surface area contributed by atoms with Crippen LogP contribution >= 0.6 is 22.6 Å². The van der Waals surface area contributed by atoms with Gasteiger partial charge >= 0.3 is 5.97 Å². The zero-order valence-corrected chi connectivity index (χ0v) is 12.0. The summed E-state index contributed by atoms with van der Waals surface area (Å²) in [5.41, 5.74) is 1.33. The van der Waals surface area contributed by atoms with E-state index >= 15 is 0 Å².